The van der Waals surface area contributed by atoms with E-state index in [4.69, 9.17) is 4.74 Å². The van der Waals surface area contributed by atoms with E-state index in [1.165, 1.54) is 12.8 Å². The van der Waals surface area contributed by atoms with Crippen molar-refractivity contribution in [1.29, 1.82) is 5.26 Å². The molecule has 3 nitrogen and oxygen atoms in total. The topological polar surface area (TPSA) is 45.0 Å². The van der Waals surface area contributed by atoms with Crippen molar-refractivity contribution >= 4 is 21.6 Å². The van der Waals surface area contributed by atoms with Crippen LogP contribution in [-0.2, 0) is 4.74 Å². The molecule has 2 fully saturated rings. The Hall–Kier alpha value is -1.05. The zero-order valence-corrected chi connectivity index (χ0v) is 11.6. The van der Waals surface area contributed by atoms with Crippen LogP contribution in [0.25, 0.3) is 0 Å². The van der Waals surface area contributed by atoms with E-state index < -0.39 is 0 Å². The van der Waals surface area contributed by atoms with Crippen molar-refractivity contribution in [2.45, 2.75) is 31.4 Å². The lowest BCUT2D eigenvalue weighted by molar-refractivity contribution is 0.0898. The van der Waals surface area contributed by atoms with Crippen LogP contribution in [0, 0.1) is 17.2 Å². The van der Waals surface area contributed by atoms with Crippen molar-refractivity contribution in [3.05, 3.63) is 28.2 Å². The van der Waals surface area contributed by atoms with Crippen molar-refractivity contribution in [2.24, 2.45) is 5.92 Å². The summed E-state index contributed by atoms with van der Waals surface area (Å²) in [6.45, 7) is 0.828. The third-order valence-corrected chi connectivity index (χ3v) is 4.35. The van der Waals surface area contributed by atoms with Crippen LogP contribution in [0.2, 0.25) is 0 Å². The van der Waals surface area contributed by atoms with Crippen LogP contribution in [0.5, 0.6) is 0 Å². The third kappa shape index (κ3) is 2.25. The molecule has 1 heterocycles. The van der Waals surface area contributed by atoms with E-state index in [0.717, 1.165) is 29.1 Å². The number of rotatable bonds is 3. The van der Waals surface area contributed by atoms with Crippen LogP contribution in [0.1, 0.15) is 24.8 Å². The Morgan fingerprint density at radius 2 is 2.17 bits per heavy atom. The fraction of sp³-hybridized carbons (Fsp3) is 0.500. The number of hydrogen-bond donors (Lipinski definition) is 1. The molecule has 3 rings (SSSR count). The quantitative estimate of drug-likeness (QED) is 0.932. The zero-order valence-electron chi connectivity index (χ0n) is 10.0. The monoisotopic (exact) mass is 306 g/mol. The van der Waals surface area contributed by atoms with Crippen LogP contribution in [0.15, 0.2) is 22.7 Å². The molecule has 1 aliphatic heterocycles. The smallest absolute Gasteiger partial charge is 0.103 e. The Morgan fingerprint density at radius 3 is 2.89 bits per heavy atom. The molecule has 1 saturated carbocycles. The van der Waals surface area contributed by atoms with Gasteiger partial charge in [0.2, 0.25) is 0 Å². The molecule has 0 amide bonds. The summed E-state index contributed by atoms with van der Waals surface area (Å²) in [5, 5.41) is 12.7. The van der Waals surface area contributed by atoms with Crippen LogP contribution in [-0.4, -0.2) is 18.8 Å². The minimum Gasteiger partial charge on any atom is -0.378 e. The molecule has 1 saturated heterocycles. The van der Waals surface area contributed by atoms with Gasteiger partial charge in [0.1, 0.15) is 6.07 Å². The second-order valence-electron chi connectivity index (χ2n) is 4.99. The summed E-state index contributed by atoms with van der Waals surface area (Å²) < 4.78 is 6.65. The number of halogens is 1. The second kappa shape index (κ2) is 4.91. The van der Waals surface area contributed by atoms with Gasteiger partial charge < -0.3 is 10.1 Å². The lowest BCUT2D eigenvalue weighted by Gasteiger charge is -2.21. The van der Waals surface area contributed by atoms with Gasteiger partial charge in [-0.25, -0.2) is 0 Å². The summed E-state index contributed by atoms with van der Waals surface area (Å²) in [5.74, 6) is 0.725. The van der Waals surface area contributed by atoms with E-state index in [-0.39, 0.29) is 0 Å². The molecule has 4 heteroatoms. The molecule has 0 spiro atoms. The van der Waals surface area contributed by atoms with Gasteiger partial charge in [0.05, 0.1) is 23.4 Å². The highest BCUT2D eigenvalue weighted by molar-refractivity contribution is 9.10. The second-order valence-corrected chi connectivity index (χ2v) is 5.84. The normalized spacial score (nSPS) is 26.9. The highest BCUT2D eigenvalue weighted by Gasteiger charge is 2.40. The van der Waals surface area contributed by atoms with Gasteiger partial charge in [-0.1, -0.05) is 6.07 Å². The molecule has 94 valence electrons. The van der Waals surface area contributed by atoms with Gasteiger partial charge in [-0.3, -0.25) is 0 Å². The van der Waals surface area contributed by atoms with Crippen LogP contribution < -0.4 is 5.32 Å². The maximum absolute atomic E-state index is 9.21. The molecule has 1 aromatic carbocycles. The van der Waals surface area contributed by atoms with Crippen molar-refractivity contribution in [2.75, 3.05) is 11.9 Å². The minimum absolute atomic E-state index is 0.329. The number of nitrogens with one attached hydrogen (secondary N) is 1. The first-order chi connectivity index (χ1) is 8.79. The van der Waals surface area contributed by atoms with Gasteiger partial charge >= 0.3 is 0 Å². The molecule has 1 N–H and O–H groups in total. The number of nitrogens with zero attached hydrogens (tertiary/aromatic N) is 1. The molecular formula is C14H15BrN2O. The molecule has 2 atom stereocenters. The average Bonchev–Trinajstić information content (AvgIpc) is 3.11. The molecule has 0 aromatic heterocycles. The van der Waals surface area contributed by atoms with Gasteiger partial charge in [-0.15, -0.1) is 0 Å². The van der Waals surface area contributed by atoms with E-state index in [1.807, 2.05) is 18.2 Å². The van der Waals surface area contributed by atoms with Gasteiger partial charge in [0, 0.05) is 11.1 Å². The van der Waals surface area contributed by atoms with Crippen molar-refractivity contribution in [3.8, 4) is 6.07 Å². The molecule has 2 aliphatic rings. The summed E-state index contributed by atoms with van der Waals surface area (Å²) in [6, 6.07) is 8.41. The van der Waals surface area contributed by atoms with E-state index in [2.05, 4.69) is 27.3 Å². The summed E-state index contributed by atoms with van der Waals surface area (Å²) in [5.41, 5.74) is 1.59. The van der Waals surface area contributed by atoms with E-state index >= 15 is 0 Å². The Balaban J connectivity index is 1.80. The predicted molar refractivity (Wildman–Crippen MR) is 73.3 cm³/mol. The van der Waals surface area contributed by atoms with E-state index in [0.29, 0.717) is 17.7 Å². The Morgan fingerprint density at radius 1 is 1.33 bits per heavy atom. The summed E-state index contributed by atoms with van der Waals surface area (Å²) in [6.07, 6.45) is 3.92. The third-order valence-electron chi connectivity index (χ3n) is 3.69. The van der Waals surface area contributed by atoms with E-state index in [1.54, 1.807) is 0 Å². The molecule has 0 radical (unpaired) electrons. The van der Waals surface area contributed by atoms with Crippen LogP contribution in [0.4, 0.5) is 5.69 Å². The summed E-state index contributed by atoms with van der Waals surface area (Å²) in [7, 11) is 0. The first-order valence-corrected chi connectivity index (χ1v) is 7.15. The highest BCUT2D eigenvalue weighted by Crippen LogP contribution is 2.40. The Labute approximate surface area is 115 Å². The molecule has 1 aliphatic carbocycles. The maximum atomic E-state index is 9.21. The summed E-state index contributed by atoms with van der Waals surface area (Å²) >= 11 is 3.42. The number of benzene rings is 1. The summed E-state index contributed by atoms with van der Waals surface area (Å²) in [4.78, 5) is 0. The average molecular weight is 307 g/mol. The fourth-order valence-corrected chi connectivity index (χ4v) is 3.07. The molecule has 2 unspecified atom stereocenters. The first-order valence-electron chi connectivity index (χ1n) is 6.36. The predicted octanol–water partition coefficient (Wildman–Crippen LogP) is 3.30. The van der Waals surface area contributed by atoms with Crippen molar-refractivity contribution in [3.63, 3.8) is 0 Å². The van der Waals surface area contributed by atoms with Gasteiger partial charge in [-0.05, 0) is 53.2 Å². The van der Waals surface area contributed by atoms with Crippen molar-refractivity contribution in [1.82, 2.24) is 0 Å². The van der Waals surface area contributed by atoms with Crippen molar-refractivity contribution < 1.29 is 4.74 Å². The SMILES string of the molecule is N#Cc1c(Br)cccc1NC1CCOC1C1CC1. The van der Waals surface area contributed by atoms with Gasteiger partial charge in [-0.2, -0.15) is 5.26 Å². The lowest BCUT2D eigenvalue weighted by Crippen LogP contribution is -2.31. The lowest BCUT2D eigenvalue weighted by atomic mass is 10.0. The van der Waals surface area contributed by atoms with Gasteiger partial charge in [0.15, 0.2) is 0 Å². The van der Waals surface area contributed by atoms with Crippen LogP contribution in [0.3, 0.4) is 0 Å². The highest BCUT2D eigenvalue weighted by atomic mass is 79.9. The van der Waals surface area contributed by atoms with Gasteiger partial charge in [0.25, 0.3) is 0 Å². The maximum Gasteiger partial charge on any atom is 0.103 e. The fourth-order valence-electron chi connectivity index (χ4n) is 2.61. The first kappa shape index (κ1) is 12.0. The number of ether oxygens (including phenoxy) is 1. The molecule has 18 heavy (non-hydrogen) atoms. The molecular weight excluding hydrogens is 292 g/mol. The largest absolute Gasteiger partial charge is 0.378 e. The zero-order chi connectivity index (χ0) is 12.5. The number of hydrogen-bond acceptors (Lipinski definition) is 3. The number of nitriles is 1. The van der Waals surface area contributed by atoms with Crippen LogP contribution >= 0.6 is 15.9 Å². The number of anilines is 1. The van der Waals surface area contributed by atoms with E-state index in [9.17, 15) is 5.26 Å². The standard InChI is InChI=1S/C14H15BrN2O/c15-11-2-1-3-12(10(11)8-16)17-13-6-7-18-14(13)9-4-5-9/h1-3,9,13-14,17H,4-7H2. The molecule has 0 bridgehead atoms. The molecule has 1 aromatic rings. The Bertz CT molecular complexity index is 493. The Kier molecular flexibility index (Phi) is 3.27. The minimum atomic E-state index is 0.329.